The molecule has 2 aromatic carbocycles. The van der Waals surface area contributed by atoms with Crippen LogP contribution in [0.5, 0.6) is 0 Å². The molecule has 0 fully saturated rings. The summed E-state index contributed by atoms with van der Waals surface area (Å²) >= 11 is 0. The van der Waals surface area contributed by atoms with Gasteiger partial charge in [-0.25, -0.2) is 9.59 Å². The van der Waals surface area contributed by atoms with Crippen molar-refractivity contribution in [3.8, 4) is 11.1 Å². The van der Waals surface area contributed by atoms with Crippen molar-refractivity contribution in [1.82, 2.24) is 10.6 Å². The van der Waals surface area contributed by atoms with Crippen molar-refractivity contribution in [2.45, 2.75) is 50.6 Å². The number of ether oxygens (including phenoxy) is 1. The number of hydrogen-bond donors (Lipinski definition) is 4. The van der Waals surface area contributed by atoms with E-state index >= 15 is 0 Å². The molecule has 1 aliphatic carbocycles. The summed E-state index contributed by atoms with van der Waals surface area (Å²) in [5, 5.41) is 23.3. The molecule has 2 aromatic rings. The summed E-state index contributed by atoms with van der Waals surface area (Å²) in [6.45, 7) is 3.10. The van der Waals surface area contributed by atoms with Gasteiger partial charge in [-0.2, -0.15) is 0 Å². The van der Waals surface area contributed by atoms with Gasteiger partial charge in [-0.1, -0.05) is 61.9 Å². The molecule has 0 saturated carbocycles. The Balaban J connectivity index is 1.69. The normalized spacial score (nSPS) is 15.0. The minimum absolute atomic E-state index is 0.103. The number of carbonyl (C=O) groups excluding carboxylic acids is 2. The lowest BCUT2D eigenvalue weighted by Gasteiger charge is -2.30. The second-order valence-corrected chi connectivity index (χ2v) is 8.41. The predicted molar refractivity (Wildman–Crippen MR) is 123 cm³/mol. The number of benzene rings is 2. The molecule has 2 amide bonds. The molecule has 0 bridgehead atoms. The number of aliphatic hydroxyl groups is 1. The third kappa shape index (κ3) is 5.34. The quantitative estimate of drug-likeness (QED) is 0.437. The van der Waals surface area contributed by atoms with Gasteiger partial charge in [-0.15, -0.1) is 0 Å². The maximum atomic E-state index is 12.8. The number of alkyl carbamates (subject to hydrolysis) is 1. The van der Waals surface area contributed by atoms with Crippen LogP contribution >= 0.6 is 0 Å². The van der Waals surface area contributed by atoms with E-state index in [1.165, 1.54) is 6.92 Å². The van der Waals surface area contributed by atoms with Crippen molar-refractivity contribution >= 4 is 18.0 Å². The summed E-state index contributed by atoms with van der Waals surface area (Å²) in [5.41, 5.74) is 3.02. The Morgan fingerprint density at radius 2 is 1.64 bits per heavy atom. The van der Waals surface area contributed by atoms with Crippen LogP contribution in [0.3, 0.4) is 0 Å². The minimum atomic E-state index is -1.36. The first-order chi connectivity index (χ1) is 15.8. The Morgan fingerprint density at radius 3 is 2.15 bits per heavy atom. The van der Waals surface area contributed by atoms with Gasteiger partial charge in [0, 0.05) is 18.9 Å². The summed E-state index contributed by atoms with van der Waals surface area (Å²) < 4.78 is 5.55. The molecule has 0 aliphatic heterocycles. The fourth-order valence-electron chi connectivity index (χ4n) is 4.30. The fraction of sp³-hybridized carbons (Fsp3) is 0.400. The van der Waals surface area contributed by atoms with Crippen LogP contribution in [0.15, 0.2) is 48.5 Å². The smallest absolute Gasteiger partial charge is 0.408 e. The van der Waals surface area contributed by atoms with Gasteiger partial charge in [-0.3, -0.25) is 4.79 Å². The molecule has 3 rings (SSSR count). The monoisotopic (exact) mass is 454 g/mol. The van der Waals surface area contributed by atoms with Gasteiger partial charge in [-0.05, 0) is 35.6 Å². The Labute approximate surface area is 193 Å². The first-order valence-corrected chi connectivity index (χ1v) is 11.1. The molecule has 8 heteroatoms. The highest BCUT2D eigenvalue weighted by Crippen LogP contribution is 2.44. The van der Waals surface area contributed by atoms with Crippen molar-refractivity contribution in [3.63, 3.8) is 0 Å². The largest absolute Gasteiger partial charge is 0.480 e. The SMILES string of the molecule is CCCC(C)(NC(=O)OCC1c2ccccc2-c2ccccc21)C(=O)N[C@H](CCO)C(=O)O. The molecule has 4 N–H and O–H groups in total. The Bertz CT molecular complexity index is 978. The Kier molecular flexibility index (Phi) is 7.71. The van der Waals surface area contributed by atoms with Gasteiger partial charge < -0.3 is 25.6 Å². The third-order valence-electron chi connectivity index (χ3n) is 5.99. The molecule has 176 valence electrons. The maximum Gasteiger partial charge on any atom is 0.408 e. The molecule has 1 unspecified atom stereocenters. The van der Waals surface area contributed by atoms with Crippen LogP contribution in [-0.4, -0.2) is 53.0 Å². The zero-order chi connectivity index (χ0) is 24.0. The molecular weight excluding hydrogens is 424 g/mol. The van der Waals surface area contributed by atoms with E-state index in [9.17, 15) is 19.5 Å². The lowest BCUT2D eigenvalue weighted by atomic mass is 9.94. The molecule has 0 heterocycles. The van der Waals surface area contributed by atoms with Gasteiger partial charge in [0.1, 0.15) is 18.2 Å². The molecule has 0 aromatic heterocycles. The van der Waals surface area contributed by atoms with Gasteiger partial charge >= 0.3 is 12.1 Å². The Morgan fingerprint density at radius 1 is 1.06 bits per heavy atom. The summed E-state index contributed by atoms with van der Waals surface area (Å²) in [5.74, 6) is -2.01. The minimum Gasteiger partial charge on any atom is -0.480 e. The van der Waals surface area contributed by atoms with Crippen LogP contribution < -0.4 is 10.6 Å². The van der Waals surface area contributed by atoms with E-state index in [-0.39, 0.29) is 32.0 Å². The first-order valence-electron chi connectivity index (χ1n) is 11.1. The average molecular weight is 455 g/mol. The molecule has 8 nitrogen and oxygen atoms in total. The highest BCUT2D eigenvalue weighted by molar-refractivity contribution is 5.92. The number of amides is 2. The fourth-order valence-corrected chi connectivity index (χ4v) is 4.30. The lowest BCUT2D eigenvalue weighted by molar-refractivity contribution is -0.143. The predicted octanol–water partition coefficient (Wildman–Crippen LogP) is 3.04. The second-order valence-electron chi connectivity index (χ2n) is 8.41. The molecule has 2 atom stereocenters. The van der Waals surface area contributed by atoms with E-state index < -0.39 is 29.6 Å². The third-order valence-corrected chi connectivity index (χ3v) is 5.99. The van der Waals surface area contributed by atoms with Crippen LogP contribution in [0.25, 0.3) is 11.1 Å². The number of aliphatic carboxylic acids is 1. The molecule has 0 radical (unpaired) electrons. The number of aliphatic hydroxyl groups excluding tert-OH is 1. The zero-order valence-corrected chi connectivity index (χ0v) is 18.8. The number of fused-ring (bicyclic) bond motifs is 3. The summed E-state index contributed by atoms with van der Waals surface area (Å²) in [4.78, 5) is 36.9. The van der Waals surface area contributed by atoms with Crippen LogP contribution in [-0.2, 0) is 14.3 Å². The van der Waals surface area contributed by atoms with Crippen molar-refractivity contribution in [1.29, 1.82) is 0 Å². The second kappa shape index (κ2) is 10.5. The van der Waals surface area contributed by atoms with Crippen molar-refractivity contribution in [3.05, 3.63) is 59.7 Å². The highest BCUT2D eigenvalue weighted by atomic mass is 16.5. The van der Waals surface area contributed by atoms with E-state index in [4.69, 9.17) is 9.84 Å². The number of nitrogens with one attached hydrogen (secondary N) is 2. The summed E-state index contributed by atoms with van der Waals surface area (Å²) in [6.07, 6.45) is -0.0226. The number of carbonyl (C=O) groups is 3. The van der Waals surface area contributed by atoms with Gasteiger partial charge in [0.2, 0.25) is 5.91 Å². The van der Waals surface area contributed by atoms with Gasteiger partial charge in [0.05, 0.1) is 0 Å². The molecule has 1 aliphatic rings. The summed E-state index contributed by atoms with van der Waals surface area (Å²) in [6, 6.07) is 14.7. The van der Waals surface area contributed by atoms with E-state index in [0.717, 1.165) is 22.3 Å². The number of rotatable bonds is 10. The molecule has 0 spiro atoms. The topological polar surface area (TPSA) is 125 Å². The molecular formula is C25H30N2O6. The van der Waals surface area contributed by atoms with Crippen LogP contribution in [0.1, 0.15) is 50.2 Å². The van der Waals surface area contributed by atoms with E-state index in [0.29, 0.717) is 6.42 Å². The number of carboxylic acid groups (broad SMARTS) is 1. The molecule has 33 heavy (non-hydrogen) atoms. The summed E-state index contributed by atoms with van der Waals surface area (Å²) in [7, 11) is 0. The number of carboxylic acids is 1. The van der Waals surface area contributed by atoms with E-state index in [2.05, 4.69) is 10.6 Å². The lowest BCUT2D eigenvalue weighted by Crippen LogP contribution is -2.59. The Hall–Kier alpha value is -3.39. The van der Waals surface area contributed by atoms with Crippen molar-refractivity contribution in [2.24, 2.45) is 0 Å². The van der Waals surface area contributed by atoms with Crippen molar-refractivity contribution in [2.75, 3.05) is 13.2 Å². The molecule has 0 saturated heterocycles. The van der Waals surface area contributed by atoms with Crippen LogP contribution in [0.2, 0.25) is 0 Å². The van der Waals surface area contributed by atoms with Crippen LogP contribution in [0, 0.1) is 0 Å². The van der Waals surface area contributed by atoms with Gasteiger partial charge in [0.25, 0.3) is 0 Å². The maximum absolute atomic E-state index is 12.8. The average Bonchev–Trinajstić information content (AvgIpc) is 3.11. The standard InChI is InChI=1S/C25H30N2O6/c1-3-13-25(2,23(31)26-21(12-14-28)22(29)30)27-24(32)33-15-20-18-10-6-4-8-16(18)17-9-5-7-11-19(17)20/h4-11,20-21,28H,3,12-15H2,1-2H3,(H,26,31)(H,27,32)(H,29,30)/t21-,25?/m1/s1. The zero-order valence-electron chi connectivity index (χ0n) is 18.8. The first kappa shape index (κ1) is 24.3. The number of hydrogen-bond acceptors (Lipinski definition) is 5. The highest BCUT2D eigenvalue weighted by Gasteiger charge is 2.37. The van der Waals surface area contributed by atoms with E-state index in [1.54, 1.807) is 0 Å². The van der Waals surface area contributed by atoms with Crippen LogP contribution in [0.4, 0.5) is 4.79 Å². The van der Waals surface area contributed by atoms with Crippen molar-refractivity contribution < 1.29 is 29.3 Å². The van der Waals surface area contributed by atoms with Gasteiger partial charge in [0.15, 0.2) is 0 Å². The van der Waals surface area contributed by atoms with E-state index in [1.807, 2.05) is 55.5 Å².